The van der Waals surface area contributed by atoms with Crippen molar-refractivity contribution in [3.63, 3.8) is 0 Å². The van der Waals surface area contributed by atoms with E-state index in [1.807, 2.05) is 4.90 Å². The molecule has 0 saturated carbocycles. The van der Waals surface area contributed by atoms with Gasteiger partial charge in [-0.3, -0.25) is 4.79 Å². The molecule has 0 aromatic heterocycles. The fourth-order valence-electron chi connectivity index (χ4n) is 4.96. The molecular formula is C22H30N2O. The van der Waals surface area contributed by atoms with Gasteiger partial charge in [0.15, 0.2) is 0 Å². The molecule has 3 nitrogen and oxygen atoms in total. The van der Waals surface area contributed by atoms with Gasteiger partial charge in [-0.25, -0.2) is 0 Å². The summed E-state index contributed by atoms with van der Waals surface area (Å²) in [6.45, 7) is 8.30. The molecule has 1 aromatic carbocycles. The molecule has 2 saturated heterocycles. The highest BCUT2D eigenvalue weighted by Gasteiger charge is 2.40. The van der Waals surface area contributed by atoms with Gasteiger partial charge < -0.3 is 9.80 Å². The van der Waals surface area contributed by atoms with Gasteiger partial charge in [-0.15, -0.1) is 0 Å². The summed E-state index contributed by atoms with van der Waals surface area (Å²) in [7, 11) is 0. The van der Waals surface area contributed by atoms with Gasteiger partial charge in [0.25, 0.3) is 0 Å². The van der Waals surface area contributed by atoms with E-state index in [0.29, 0.717) is 17.8 Å². The van der Waals surface area contributed by atoms with Crippen molar-refractivity contribution in [1.29, 1.82) is 0 Å². The van der Waals surface area contributed by atoms with Crippen LogP contribution in [0.3, 0.4) is 0 Å². The average molecular weight is 338 g/mol. The third-order valence-electron chi connectivity index (χ3n) is 6.63. The average Bonchev–Trinajstić information content (AvgIpc) is 3.29. The first-order valence-corrected chi connectivity index (χ1v) is 9.88. The number of nitrogens with zero attached hydrogens (tertiary/aromatic N) is 2. The number of amides is 1. The number of fused-ring (bicyclic) bond motifs is 1. The zero-order valence-corrected chi connectivity index (χ0v) is 15.5. The lowest BCUT2D eigenvalue weighted by molar-refractivity contribution is -0.128. The minimum atomic E-state index is 0.216. The fourth-order valence-corrected chi connectivity index (χ4v) is 4.96. The molecule has 2 fully saturated rings. The van der Waals surface area contributed by atoms with Crippen LogP contribution in [0.25, 0.3) is 0 Å². The number of rotatable bonds is 4. The molecule has 4 unspecified atom stereocenters. The van der Waals surface area contributed by atoms with Crippen LogP contribution in [0.2, 0.25) is 0 Å². The van der Waals surface area contributed by atoms with Crippen molar-refractivity contribution in [2.24, 2.45) is 11.8 Å². The van der Waals surface area contributed by atoms with Gasteiger partial charge in [0.05, 0.1) is 0 Å². The van der Waals surface area contributed by atoms with Crippen molar-refractivity contribution in [3.8, 4) is 0 Å². The maximum atomic E-state index is 11.7. The summed E-state index contributed by atoms with van der Waals surface area (Å²) in [5.74, 6) is 1.81. The van der Waals surface area contributed by atoms with Crippen LogP contribution in [-0.4, -0.2) is 47.9 Å². The maximum absolute atomic E-state index is 11.7. The Morgan fingerprint density at radius 2 is 1.96 bits per heavy atom. The zero-order valence-electron chi connectivity index (χ0n) is 15.5. The molecule has 4 atom stereocenters. The van der Waals surface area contributed by atoms with Gasteiger partial charge in [0, 0.05) is 38.5 Å². The standard InChI is InChI=1S/C22H30N2O/c1-16-4-3-12-23(16)13-11-18-5-7-19(8-6-18)21-10-9-20-14-24(17(2)25)15-22(20)21/h5-10,16,20-22H,3-4,11-15H2,1-2H3. The third kappa shape index (κ3) is 3.39. The van der Waals surface area contributed by atoms with Crippen molar-refractivity contribution in [3.05, 3.63) is 47.5 Å². The first-order chi connectivity index (χ1) is 12.1. The molecule has 2 heterocycles. The monoisotopic (exact) mass is 338 g/mol. The molecule has 4 rings (SSSR count). The van der Waals surface area contributed by atoms with E-state index < -0.39 is 0 Å². The van der Waals surface area contributed by atoms with Crippen LogP contribution in [-0.2, 0) is 11.2 Å². The zero-order chi connectivity index (χ0) is 17.4. The summed E-state index contributed by atoms with van der Waals surface area (Å²) in [5, 5.41) is 0. The van der Waals surface area contributed by atoms with Gasteiger partial charge >= 0.3 is 0 Å². The summed E-state index contributed by atoms with van der Waals surface area (Å²) in [6, 6.07) is 10.0. The largest absolute Gasteiger partial charge is 0.342 e. The number of hydrogen-bond acceptors (Lipinski definition) is 2. The number of carbonyl (C=O) groups excluding carboxylic acids is 1. The number of allylic oxidation sites excluding steroid dienone is 1. The smallest absolute Gasteiger partial charge is 0.219 e. The highest BCUT2D eigenvalue weighted by molar-refractivity contribution is 5.73. The lowest BCUT2D eigenvalue weighted by Gasteiger charge is -2.21. The van der Waals surface area contributed by atoms with E-state index in [9.17, 15) is 4.79 Å². The Labute approximate surface area is 151 Å². The Bertz CT molecular complexity index is 650. The first kappa shape index (κ1) is 16.8. The minimum Gasteiger partial charge on any atom is -0.342 e. The Morgan fingerprint density at radius 3 is 2.64 bits per heavy atom. The highest BCUT2D eigenvalue weighted by atomic mass is 16.2. The summed E-state index contributed by atoms with van der Waals surface area (Å²) >= 11 is 0. The van der Waals surface area contributed by atoms with Gasteiger partial charge in [-0.2, -0.15) is 0 Å². The van der Waals surface area contributed by atoms with Crippen molar-refractivity contribution in [2.75, 3.05) is 26.2 Å². The van der Waals surface area contributed by atoms with E-state index in [0.717, 1.165) is 25.6 Å². The lowest BCUT2D eigenvalue weighted by atomic mass is 9.85. The van der Waals surface area contributed by atoms with Crippen molar-refractivity contribution in [1.82, 2.24) is 9.80 Å². The number of carbonyl (C=O) groups is 1. The van der Waals surface area contributed by atoms with Gasteiger partial charge in [-0.1, -0.05) is 36.4 Å². The van der Waals surface area contributed by atoms with Crippen LogP contribution in [0, 0.1) is 11.8 Å². The van der Waals surface area contributed by atoms with Crippen LogP contribution in [0.1, 0.15) is 43.7 Å². The van der Waals surface area contributed by atoms with Crippen molar-refractivity contribution in [2.45, 2.75) is 45.1 Å². The van der Waals surface area contributed by atoms with E-state index in [1.165, 1.54) is 37.1 Å². The lowest BCUT2D eigenvalue weighted by Crippen LogP contribution is -2.28. The van der Waals surface area contributed by atoms with Gasteiger partial charge in [0.2, 0.25) is 5.91 Å². The van der Waals surface area contributed by atoms with Crippen LogP contribution in [0.4, 0.5) is 0 Å². The molecule has 134 valence electrons. The highest BCUT2D eigenvalue weighted by Crippen LogP contribution is 2.42. The molecule has 0 N–H and O–H groups in total. The molecule has 1 amide bonds. The van der Waals surface area contributed by atoms with E-state index in [-0.39, 0.29) is 5.91 Å². The summed E-state index contributed by atoms with van der Waals surface area (Å²) in [6.07, 6.45) is 8.56. The van der Waals surface area contributed by atoms with E-state index in [4.69, 9.17) is 0 Å². The van der Waals surface area contributed by atoms with E-state index >= 15 is 0 Å². The number of hydrogen-bond donors (Lipinski definition) is 0. The van der Waals surface area contributed by atoms with Crippen LogP contribution >= 0.6 is 0 Å². The van der Waals surface area contributed by atoms with Crippen LogP contribution in [0.5, 0.6) is 0 Å². The second-order valence-electron chi connectivity index (χ2n) is 8.18. The molecule has 3 aliphatic rings. The van der Waals surface area contributed by atoms with Crippen LogP contribution < -0.4 is 0 Å². The Balaban J connectivity index is 1.37. The number of likely N-dealkylation sites (tertiary alicyclic amines) is 2. The van der Waals surface area contributed by atoms with Gasteiger partial charge in [-0.05, 0) is 55.7 Å². The van der Waals surface area contributed by atoms with Crippen molar-refractivity contribution >= 4 is 5.91 Å². The van der Waals surface area contributed by atoms with Crippen molar-refractivity contribution < 1.29 is 4.79 Å². The molecular weight excluding hydrogens is 308 g/mol. The Kier molecular flexibility index (Phi) is 4.68. The number of benzene rings is 1. The van der Waals surface area contributed by atoms with E-state index in [2.05, 4.69) is 48.2 Å². The third-order valence-corrected chi connectivity index (χ3v) is 6.63. The summed E-state index contributed by atoms with van der Waals surface area (Å²) in [5.41, 5.74) is 2.85. The predicted octanol–water partition coefficient (Wildman–Crippen LogP) is 3.46. The Morgan fingerprint density at radius 1 is 1.16 bits per heavy atom. The summed E-state index contributed by atoms with van der Waals surface area (Å²) in [4.78, 5) is 16.3. The first-order valence-electron chi connectivity index (χ1n) is 9.88. The topological polar surface area (TPSA) is 23.6 Å². The SMILES string of the molecule is CC(=O)N1CC2C=CC(c3ccc(CCN4CCCC4C)cc3)C2C1. The molecule has 25 heavy (non-hydrogen) atoms. The second kappa shape index (κ2) is 6.95. The Hall–Kier alpha value is -1.61. The van der Waals surface area contributed by atoms with E-state index in [1.54, 1.807) is 6.92 Å². The summed E-state index contributed by atoms with van der Waals surface area (Å²) < 4.78 is 0. The van der Waals surface area contributed by atoms with Gasteiger partial charge in [0.1, 0.15) is 0 Å². The predicted molar refractivity (Wildman–Crippen MR) is 102 cm³/mol. The molecule has 3 heteroatoms. The molecule has 0 spiro atoms. The molecule has 1 aromatic rings. The maximum Gasteiger partial charge on any atom is 0.219 e. The van der Waals surface area contributed by atoms with Crippen LogP contribution in [0.15, 0.2) is 36.4 Å². The molecule has 0 radical (unpaired) electrons. The second-order valence-corrected chi connectivity index (χ2v) is 8.18. The molecule has 2 aliphatic heterocycles. The fraction of sp³-hybridized carbons (Fsp3) is 0.591. The molecule has 0 bridgehead atoms. The minimum absolute atomic E-state index is 0.216. The molecule has 1 aliphatic carbocycles. The normalized spacial score (nSPS) is 31.7. The quantitative estimate of drug-likeness (QED) is 0.785.